The van der Waals surface area contributed by atoms with Gasteiger partial charge >= 0.3 is 0 Å². The fraction of sp³-hybridized carbons (Fsp3) is 0.429. The molecule has 0 aliphatic carbocycles. The van der Waals surface area contributed by atoms with Crippen molar-refractivity contribution in [1.29, 1.82) is 0 Å². The second-order valence-electron chi connectivity index (χ2n) is 4.66. The summed E-state index contributed by atoms with van der Waals surface area (Å²) in [7, 11) is 2.17. The summed E-state index contributed by atoms with van der Waals surface area (Å²) >= 11 is 3.48. The van der Waals surface area contributed by atoms with Crippen LogP contribution in [0, 0.1) is 0 Å². The van der Waals surface area contributed by atoms with Crippen molar-refractivity contribution in [2.24, 2.45) is 0 Å². The maximum atomic E-state index is 3.82. The van der Waals surface area contributed by atoms with Gasteiger partial charge in [0.1, 0.15) is 12.7 Å². The highest BCUT2D eigenvalue weighted by Crippen LogP contribution is 2.24. The third-order valence-corrected chi connectivity index (χ3v) is 3.88. The predicted molar refractivity (Wildman–Crippen MR) is 79.8 cm³/mol. The smallest absolute Gasteiger partial charge is 0.119 e. The largest absolute Gasteiger partial charge is 0.319 e. The quantitative estimate of drug-likeness (QED) is 0.819. The fourth-order valence-electron chi connectivity index (χ4n) is 2.25. The molecule has 1 heterocycles. The molecule has 1 aromatic carbocycles. The summed E-state index contributed by atoms with van der Waals surface area (Å²) in [5.74, 6) is 0. The number of halogens is 1. The van der Waals surface area contributed by atoms with Crippen molar-refractivity contribution >= 4 is 15.9 Å². The van der Waals surface area contributed by atoms with Gasteiger partial charge in [0, 0.05) is 23.6 Å². The van der Waals surface area contributed by atoms with Crippen LogP contribution in [0.1, 0.15) is 24.9 Å². The molecule has 0 fully saturated rings. The van der Waals surface area contributed by atoms with Gasteiger partial charge in [0.05, 0.1) is 0 Å². The molecule has 4 nitrogen and oxygen atoms in total. The zero-order valence-electron chi connectivity index (χ0n) is 11.3. The normalized spacial score (nSPS) is 12.8. The molecule has 0 bridgehead atoms. The highest BCUT2D eigenvalue weighted by Gasteiger charge is 2.14. The predicted octanol–water partition coefficient (Wildman–Crippen LogP) is 3.12. The lowest BCUT2D eigenvalue weighted by molar-refractivity contribution is 0.229. The summed E-state index contributed by atoms with van der Waals surface area (Å²) in [6.07, 6.45) is 4.61. The van der Waals surface area contributed by atoms with E-state index in [1.54, 1.807) is 12.7 Å². The SMILES string of the molecule is CC[C@H](c1ccc(Br)cc1)N(C)CCn1cnnc1. The molecular formula is C14H19BrN4. The highest BCUT2D eigenvalue weighted by molar-refractivity contribution is 9.10. The average Bonchev–Trinajstić information content (AvgIpc) is 2.92. The van der Waals surface area contributed by atoms with E-state index in [-0.39, 0.29) is 0 Å². The van der Waals surface area contributed by atoms with Gasteiger partial charge in [-0.1, -0.05) is 35.0 Å². The van der Waals surface area contributed by atoms with E-state index in [0.717, 1.165) is 24.0 Å². The molecule has 0 spiro atoms. The minimum absolute atomic E-state index is 0.449. The molecule has 1 aromatic heterocycles. The van der Waals surface area contributed by atoms with Gasteiger partial charge < -0.3 is 4.57 Å². The van der Waals surface area contributed by atoms with Crippen LogP contribution in [-0.2, 0) is 6.54 Å². The zero-order valence-corrected chi connectivity index (χ0v) is 12.9. The van der Waals surface area contributed by atoms with Gasteiger partial charge in [0.25, 0.3) is 0 Å². The van der Waals surface area contributed by atoms with Crippen molar-refractivity contribution in [2.75, 3.05) is 13.6 Å². The van der Waals surface area contributed by atoms with E-state index in [1.807, 2.05) is 4.57 Å². The van der Waals surface area contributed by atoms with Crippen LogP contribution < -0.4 is 0 Å². The van der Waals surface area contributed by atoms with E-state index < -0.39 is 0 Å². The van der Waals surface area contributed by atoms with Crippen molar-refractivity contribution in [3.05, 3.63) is 47.0 Å². The van der Waals surface area contributed by atoms with Crippen LogP contribution in [0.3, 0.4) is 0 Å². The van der Waals surface area contributed by atoms with Crippen LogP contribution in [0.2, 0.25) is 0 Å². The molecule has 2 aromatic rings. The van der Waals surface area contributed by atoms with E-state index in [2.05, 4.69) is 69.3 Å². The summed E-state index contributed by atoms with van der Waals surface area (Å²) in [4.78, 5) is 2.38. The van der Waals surface area contributed by atoms with Crippen molar-refractivity contribution in [3.8, 4) is 0 Å². The Bertz CT molecular complexity index is 481. The Labute approximate surface area is 122 Å². The summed E-state index contributed by atoms with van der Waals surface area (Å²) in [6.45, 7) is 4.12. The minimum Gasteiger partial charge on any atom is -0.319 e. The summed E-state index contributed by atoms with van der Waals surface area (Å²) < 4.78 is 3.13. The third kappa shape index (κ3) is 3.88. The van der Waals surface area contributed by atoms with Gasteiger partial charge in [-0.15, -0.1) is 10.2 Å². The second-order valence-corrected chi connectivity index (χ2v) is 5.57. The molecular weight excluding hydrogens is 304 g/mol. The number of rotatable bonds is 6. The lowest BCUT2D eigenvalue weighted by Crippen LogP contribution is -2.27. The molecule has 2 rings (SSSR count). The van der Waals surface area contributed by atoms with Gasteiger partial charge in [-0.05, 0) is 31.2 Å². The number of nitrogens with zero attached hydrogens (tertiary/aromatic N) is 4. The standard InChI is InChI=1S/C14H19BrN4/c1-3-14(12-4-6-13(15)7-5-12)18(2)8-9-19-10-16-17-11-19/h4-7,10-11,14H,3,8-9H2,1-2H3/t14-/m1/s1. The molecule has 5 heteroatoms. The van der Waals surface area contributed by atoms with E-state index >= 15 is 0 Å². The van der Waals surface area contributed by atoms with Gasteiger partial charge in [0.15, 0.2) is 0 Å². The topological polar surface area (TPSA) is 34.0 Å². The van der Waals surface area contributed by atoms with Crippen LogP contribution in [-0.4, -0.2) is 33.3 Å². The van der Waals surface area contributed by atoms with Crippen molar-refractivity contribution in [1.82, 2.24) is 19.7 Å². The molecule has 0 aliphatic rings. The number of hydrogen-bond acceptors (Lipinski definition) is 3. The monoisotopic (exact) mass is 322 g/mol. The van der Waals surface area contributed by atoms with Crippen LogP contribution in [0.15, 0.2) is 41.4 Å². The first-order valence-corrected chi connectivity index (χ1v) is 7.28. The fourth-order valence-corrected chi connectivity index (χ4v) is 2.52. The molecule has 0 saturated carbocycles. The van der Waals surface area contributed by atoms with Crippen LogP contribution in [0.5, 0.6) is 0 Å². The van der Waals surface area contributed by atoms with Crippen molar-refractivity contribution < 1.29 is 0 Å². The van der Waals surface area contributed by atoms with Crippen LogP contribution in [0.25, 0.3) is 0 Å². The maximum Gasteiger partial charge on any atom is 0.119 e. The number of likely N-dealkylation sites (N-methyl/N-ethyl adjacent to an activating group) is 1. The Balaban J connectivity index is 1.98. The molecule has 0 radical (unpaired) electrons. The van der Waals surface area contributed by atoms with Gasteiger partial charge in [-0.2, -0.15) is 0 Å². The zero-order chi connectivity index (χ0) is 13.7. The molecule has 0 saturated heterocycles. The average molecular weight is 323 g/mol. The lowest BCUT2D eigenvalue weighted by atomic mass is 10.0. The van der Waals surface area contributed by atoms with E-state index in [0.29, 0.717) is 6.04 Å². The van der Waals surface area contributed by atoms with Gasteiger partial charge in [0.2, 0.25) is 0 Å². The Hall–Kier alpha value is -1.20. The highest BCUT2D eigenvalue weighted by atomic mass is 79.9. The molecule has 0 amide bonds. The molecule has 102 valence electrons. The first kappa shape index (κ1) is 14.2. The third-order valence-electron chi connectivity index (χ3n) is 3.35. The molecule has 19 heavy (non-hydrogen) atoms. The summed E-state index contributed by atoms with van der Waals surface area (Å²) in [6, 6.07) is 9.03. The first-order chi connectivity index (χ1) is 9.20. The number of aromatic nitrogens is 3. The Morgan fingerprint density at radius 1 is 1.21 bits per heavy atom. The lowest BCUT2D eigenvalue weighted by Gasteiger charge is -2.27. The van der Waals surface area contributed by atoms with Gasteiger partial charge in [-0.3, -0.25) is 4.90 Å². The molecule has 0 aliphatic heterocycles. The van der Waals surface area contributed by atoms with Gasteiger partial charge in [-0.25, -0.2) is 0 Å². The first-order valence-electron chi connectivity index (χ1n) is 6.49. The molecule has 0 unspecified atom stereocenters. The second kappa shape index (κ2) is 6.82. The van der Waals surface area contributed by atoms with Crippen LogP contribution in [0.4, 0.5) is 0 Å². The minimum atomic E-state index is 0.449. The molecule has 1 atom stereocenters. The van der Waals surface area contributed by atoms with E-state index in [4.69, 9.17) is 0 Å². The van der Waals surface area contributed by atoms with E-state index in [9.17, 15) is 0 Å². The Kier molecular flexibility index (Phi) is 5.10. The Morgan fingerprint density at radius 2 is 1.84 bits per heavy atom. The summed E-state index contributed by atoms with van der Waals surface area (Å²) in [5.41, 5.74) is 1.36. The molecule has 0 N–H and O–H groups in total. The van der Waals surface area contributed by atoms with E-state index in [1.165, 1.54) is 5.56 Å². The van der Waals surface area contributed by atoms with Crippen LogP contribution >= 0.6 is 15.9 Å². The maximum absolute atomic E-state index is 3.82. The number of benzene rings is 1. The Morgan fingerprint density at radius 3 is 2.42 bits per heavy atom. The summed E-state index contributed by atoms with van der Waals surface area (Å²) in [5, 5.41) is 7.64. The van der Waals surface area contributed by atoms with Crippen molar-refractivity contribution in [3.63, 3.8) is 0 Å². The van der Waals surface area contributed by atoms with Crippen molar-refractivity contribution in [2.45, 2.75) is 25.9 Å². The number of hydrogen-bond donors (Lipinski definition) is 0.